The van der Waals surface area contributed by atoms with Gasteiger partial charge in [0.05, 0.1) is 0 Å². The molecule has 0 aliphatic rings. The van der Waals surface area contributed by atoms with Crippen molar-refractivity contribution in [3.05, 3.63) is 40.4 Å². The largest absolute Gasteiger partial charge is 0.398 e. The van der Waals surface area contributed by atoms with Gasteiger partial charge in [-0.1, -0.05) is 54.9 Å². The lowest BCUT2D eigenvalue weighted by atomic mass is 9.82. The van der Waals surface area contributed by atoms with Crippen molar-refractivity contribution in [3.63, 3.8) is 0 Å². The third-order valence-electron chi connectivity index (χ3n) is 2.79. The van der Waals surface area contributed by atoms with Crippen molar-refractivity contribution in [1.29, 1.82) is 0 Å². The highest BCUT2D eigenvalue weighted by atomic mass is 79.9. The van der Waals surface area contributed by atoms with Gasteiger partial charge in [-0.25, -0.2) is 0 Å². The van der Waals surface area contributed by atoms with Crippen LogP contribution in [0.15, 0.2) is 34.8 Å². The van der Waals surface area contributed by atoms with Crippen molar-refractivity contribution < 1.29 is 0 Å². The SMILES string of the molecule is CC(C)(C)c1c(N)ccc2c(Br)cccc12. The fourth-order valence-corrected chi connectivity index (χ4v) is 2.67. The third-order valence-corrected chi connectivity index (χ3v) is 3.48. The van der Waals surface area contributed by atoms with Crippen LogP contribution in [0.3, 0.4) is 0 Å². The second-order valence-electron chi connectivity index (χ2n) is 5.11. The summed E-state index contributed by atoms with van der Waals surface area (Å²) in [6.45, 7) is 6.58. The van der Waals surface area contributed by atoms with Crippen molar-refractivity contribution >= 4 is 32.4 Å². The van der Waals surface area contributed by atoms with Gasteiger partial charge < -0.3 is 5.73 Å². The predicted molar refractivity (Wildman–Crippen MR) is 74.8 cm³/mol. The molecule has 0 aromatic heterocycles. The summed E-state index contributed by atoms with van der Waals surface area (Å²) in [5.74, 6) is 0. The lowest BCUT2D eigenvalue weighted by Gasteiger charge is -2.23. The van der Waals surface area contributed by atoms with Crippen molar-refractivity contribution in [3.8, 4) is 0 Å². The summed E-state index contributed by atoms with van der Waals surface area (Å²) in [6.07, 6.45) is 0. The summed E-state index contributed by atoms with van der Waals surface area (Å²) in [6, 6.07) is 10.3. The summed E-state index contributed by atoms with van der Waals surface area (Å²) >= 11 is 3.58. The minimum atomic E-state index is 0.0599. The van der Waals surface area contributed by atoms with E-state index < -0.39 is 0 Å². The summed E-state index contributed by atoms with van der Waals surface area (Å²) in [5, 5.41) is 2.46. The molecule has 0 unspecified atom stereocenters. The molecule has 0 amide bonds. The first-order valence-electron chi connectivity index (χ1n) is 5.38. The van der Waals surface area contributed by atoms with E-state index in [9.17, 15) is 0 Å². The molecule has 0 spiro atoms. The molecule has 2 rings (SSSR count). The molecule has 0 heterocycles. The highest BCUT2D eigenvalue weighted by Gasteiger charge is 2.20. The number of hydrogen-bond donors (Lipinski definition) is 1. The number of hydrogen-bond acceptors (Lipinski definition) is 1. The van der Waals surface area contributed by atoms with Gasteiger partial charge >= 0.3 is 0 Å². The molecule has 0 saturated heterocycles. The first-order chi connectivity index (χ1) is 7.41. The van der Waals surface area contributed by atoms with E-state index >= 15 is 0 Å². The van der Waals surface area contributed by atoms with Crippen molar-refractivity contribution in [2.45, 2.75) is 26.2 Å². The lowest BCUT2D eigenvalue weighted by molar-refractivity contribution is 0.598. The highest BCUT2D eigenvalue weighted by Crippen LogP contribution is 2.36. The standard InChI is InChI=1S/C14H16BrN/c1-14(2,3)13-10-5-4-6-11(15)9(10)7-8-12(13)16/h4-8H,16H2,1-3H3. The topological polar surface area (TPSA) is 26.0 Å². The van der Waals surface area contributed by atoms with Gasteiger partial charge in [0.15, 0.2) is 0 Å². The second kappa shape index (κ2) is 3.77. The summed E-state index contributed by atoms with van der Waals surface area (Å²) in [5.41, 5.74) is 8.27. The molecular formula is C14H16BrN. The van der Waals surface area contributed by atoms with E-state index in [0.29, 0.717) is 0 Å². The Morgan fingerprint density at radius 2 is 1.69 bits per heavy atom. The lowest BCUT2D eigenvalue weighted by Crippen LogP contribution is -2.14. The van der Waals surface area contributed by atoms with Gasteiger partial charge in [-0.3, -0.25) is 0 Å². The average molecular weight is 278 g/mol. The Kier molecular flexibility index (Phi) is 2.70. The number of fused-ring (bicyclic) bond motifs is 1. The average Bonchev–Trinajstić information content (AvgIpc) is 2.15. The Bertz CT molecular complexity index is 538. The van der Waals surface area contributed by atoms with Gasteiger partial charge in [-0.05, 0) is 33.9 Å². The van der Waals surface area contributed by atoms with Crippen LogP contribution in [0.25, 0.3) is 10.8 Å². The van der Waals surface area contributed by atoms with Gasteiger partial charge in [0.1, 0.15) is 0 Å². The van der Waals surface area contributed by atoms with Crippen molar-refractivity contribution in [2.75, 3.05) is 5.73 Å². The molecule has 2 N–H and O–H groups in total. The van der Waals surface area contributed by atoms with E-state index in [0.717, 1.165) is 10.2 Å². The Morgan fingerprint density at radius 1 is 1.00 bits per heavy atom. The minimum Gasteiger partial charge on any atom is -0.398 e. The molecular weight excluding hydrogens is 262 g/mol. The molecule has 0 bridgehead atoms. The maximum Gasteiger partial charge on any atom is 0.0358 e. The fraction of sp³-hybridized carbons (Fsp3) is 0.286. The van der Waals surface area contributed by atoms with Crippen molar-refractivity contribution in [1.82, 2.24) is 0 Å². The number of nitrogens with two attached hydrogens (primary N) is 1. The number of rotatable bonds is 0. The number of benzene rings is 2. The predicted octanol–water partition coefficient (Wildman–Crippen LogP) is 4.48. The molecule has 1 nitrogen and oxygen atoms in total. The number of anilines is 1. The van der Waals surface area contributed by atoms with Gasteiger partial charge in [-0.15, -0.1) is 0 Å². The van der Waals surface area contributed by atoms with E-state index in [1.165, 1.54) is 16.3 Å². The van der Waals surface area contributed by atoms with Crippen LogP contribution in [0.4, 0.5) is 5.69 Å². The molecule has 84 valence electrons. The van der Waals surface area contributed by atoms with Gasteiger partial charge in [-0.2, -0.15) is 0 Å². The maximum absolute atomic E-state index is 6.11. The molecule has 16 heavy (non-hydrogen) atoms. The Labute approximate surface area is 105 Å². The van der Waals surface area contributed by atoms with Crippen LogP contribution < -0.4 is 5.73 Å². The van der Waals surface area contributed by atoms with Crippen LogP contribution in [0.2, 0.25) is 0 Å². The molecule has 2 aromatic carbocycles. The highest BCUT2D eigenvalue weighted by molar-refractivity contribution is 9.10. The van der Waals surface area contributed by atoms with E-state index in [2.05, 4.69) is 61.0 Å². The van der Waals surface area contributed by atoms with E-state index in [1.54, 1.807) is 0 Å². The molecule has 0 aliphatic heterocycles. The molecule has 0 atom stereocenters. The van der Waals surface area contributed by atoms with Crippen LogP contribution in [0.5, 0.6) is 0 Å². The van der Waals surface area contributed by atoms with E-state index in [-0.39, 0.29) is 5.41 Å². The molecule has 0 fully saturated rings. The number of nitrogen functional groups attached to an aromatic ring is 1. The zero-order valence-electron chi connectivity index (χ0n) is 9.84. The normalized spacial score (nSPS) is 12.0. The quantitative estimate of drug-likeness (QED) is 0.706. The summed E-state index contributed by atoms with van der Waals surface area (Å²) < 4.78 is 1.12. The molecule has 0 saturated carbocycles. The minimum absolute atomic E-state index is 0.0599. The van der Waals surface area contributed by atoms with Crippen molar-refractivity contribution in [2.24, 2.45) is 0 Å². The van der Waals surface area contributed by atoms with Gasteiger partial charge in [0.2, 0.25) is 0 Å². The Hall–Kier alpha value is -1.02. The maximum atomic E-state index is 6.11. The van der Waals surface area contributed by atoms with Crippen LogP contribution in [0, 0.1) is 0 Å². The first-order valence-corrected chi connectivity index (χ1v) is 6.18. The van der Waals surface area contributed by atoms with Crippen LogP contribution in [0.1, 0.15) is 26.3 Å². The molecule has 0 radical (unpaired) electrons. The molecule has 2 aromatic rings. The van der Waals surface area contributed by atoms with Crippen LogP contribution in [-0.2, 0) is 5.41 Å². The van der Waals surface area contributed by atoms with E-state index in [4.69, 9.17) is 5.73 Å². The zero-order valence-corrected chi connectivity index (χ0v) is 11.4. The summed E-state index contributed by atoms with van der Waals surface area (Å²) in [7, 11) is 0. The first kappa shape index (κ1) is 11.5. The van der Waals surface area contributed by atoms with Crippen LogP contribution in [-0.4, -0.2) is 0 Å². The number of halogens is 1. The van der Waals surface area contributed by atoms with E-state index in [1.807, 2.05) is 6.07 Å². The fourth-order valence-electron chi connectivity index (χ4n) is 2.17. The Morgan fingerprint density at radius 3 is 2.31 bits per heavy atom. The van der Waals surface area contributed by atoms with Gasteiger partial charge in [0, 0.05) is 10.2 Å². The summed E-state index contributed by atoms with van der Waals surface area (Å²) in [4.78, 5) is 0. The zero-order chi connectivity index (χ0) is 11.9. The second-order valence-corrected chi connectivity index (χ2v) is 5.97. The van der Waals surface area contributed by atoms with Crippen LogP contribution >= 0.6 is 15.9 Å². The third kappa shape index (κ3) is 1.82. The Balaban J connectivity index is 2.91. The monoisotopic (exact) mass is 277 g/mol. The smallest absolute Gasteiger partial charge is 0.0358 e. The molecule has 0 aliphatic carbocycles. The molecule has 2 heteroatoms. The van der Waals surface area contributed by atoms with Gasteiger partial charge in [0.25, 0.3) is 0 Å².